The van der Waals surface area contributed by atoms with Crippen LogP contribution in [0.1, 0.15) is 87.6 Å². The second-order valence-corrected chi connectivity index (χ2v) is 22.2. The summed E-state index contributed by atoms with van der Waals surface area (Å²) in [6.45, 7) is 15.1. The zero-order valence-electron chi connectivity index (χ0n) is 41.2. The van der Waals surface area contributed by atoms with E-state index in [4.69, 9.17) is 21.4 Å². The van der Waals surface area contributed by atoms with Gasteiger partial charge in [0.2, 0.25) is 0 Å². The fraction of sp³-hybridized carbons (Fsp3) is 0.463. The number of nitrogens with zero attached hydrogens (tertiary/aromatic N) is 5. The molecule has 3 aliphatic rings. The van der Waals surface area contributed by atoms with Gasteiger partial charge in [0.1, 0.15) is 17.1 Å². The lowest BCUT2D eigenvalue weighted by molar-refractivity contribution is -0.137. The Bertz CT molecular complexity index is 2650. The molecule has 386 valence electrons. The van der Waals surface area contributed by atoms with Crippen molar-refractivity contribution in [3.05, 3.63) is 107 Å². The van der Waals surface area contributed by atoms with Gasteiger partial charge in [-0.25, -0.2) is 4.98 Å². The first-order valence-electron chi connectivity index (χ1n) is 25.1. The molecule has 5 aromatic rings. The minimum Gasteiger partial charge on any atom is -0.481 e. The Labute approximate surface area is 434 Å². The van der Waals surface area contributed by atoms with Gasteiger partial charge in [0.05, 0.1) is 11.8 Å². The molecule has 1 aliphatic carbocycles. The third-order valence-corrected chi connectivity index (χ3v) is 15.6. The van der Waals surface area contributed by atoms with Gasteiger partial charge in [0.25, 0.3) is 5.91 Å². The number of amides is 1. The van der Waals surface area contributed by atoms with E-state index in [0.717, 1.165) is 151 Å². The average molecular weight is 1050 g/mol. The number of halogens is 4. The van der Waals surface area contributed by atoms with Crippen LogP contribution in [0.4, 0.5) is 24.5 Å². The zero-order valence-corrected chi connectivity index (χ0v) is 43.6. The van der Waals surface area contributed by atoms with Gasteiger partial charge in [0, 0.05) is 116 Å². The molecule has 2 aliphatic heterocycles. The lowest BCUT2D eigenvalue weighted by Crippen LogP contribution is -2.47. The van der Waals surface area contributed by atoms with Crippen LogP contribution in [0.2, 0.25) is 5.02 Å². The summed E-state index contributed by atoms with van der Waals surface area (Å²) in [6.07, 6.45) is 11.4. The molecule has 2 aromatic heterocycles. The van der Waals surface area contributed by atoms with Crippen molar-refractivity contribution in [1.29, 1.82) is 0 Å². The number of aromatic amines is 1. The number of piperazine rings is 2. The Hall–Kier alpha value is -4.91. The number of aromatic nitrogens is 2. The van der Waals surface area contributed by atoms with E-state index in [0.29, 0.717) is 34.3 Å². The third-order valence-electron chi connectivity index (χ3n) is 13.8. The van der Waals surface area contributed by atoms with Crippen molar-refractivity contribution >= 4 is 75.2 Å². The topological polar surface area (TPSA) is 129 Å². The van der Waals surface area contributed by atoms with Gasteiger partial charge in [-0.2, -0.15) is 13.2 Å². The summed E-state index contributed by atoms with van der Waals surface area (Å²) >= 11 is 7.04. The Morgan fingerprint density at radius 3 is 2.32 bits per heavy atom. The van der Waals surface area contributed by atoms with Crippen LogP contribution in [-0.4, -0.2) is 126 Å². The molecule has 4 N–H and O–H groups in total. The van der Waals surface area contributed by atoms with Crippen molar-refractivity contribution in [2.75, 3.05) is 88.8 Å². The van der Waals surface area contributed by atoms with Gasteiger partial charge in [-0.15, -0.1) is 0 Å². The van der Waals surface area contributed by atoms with E-state index in [2.05, 4.69) is 65.6 Å². The number of aliphatic carboxylic acids is 1. The maximum Gasteiger partial charge on any atom is 0.446 e. The molecule has 0 radical (unpaired) electrons. The highest BCUT2D eigenvalue weighted by Crippen LogP contribution is 2.44. The van der Waals surface area contributed by atoms with Gasteiger partial charge >= 0.3 is 11.5 Å². The molecule has 8 rings (SSSR count). The number of allylic oxidation sites excluding steroid dienone is 1. The van der Waals surface area contributed by atoms with Crippen molar-refractivity contribution in [3.8, 4) is 11.5 Å². The number of carboxylic acid groups (broad SMARTS) is 1. The number of hydrogen-bond donors (Lipinski definition) is 4. The molecule has 0 spiro atoms. The molecular weight excluding hydrogens is 981 g/mol. The number of carboxylic acids is 1. The fourth-order valence-corrected chi connectivity index (χ4v) is 11.3. The summed E-state index contributed by atoms with van der Waals surface area (Å²) in [5.74, 6) is -0.399. The fourth-order valence-electron chi connectivity index (χ4n) is 9.79. The Kier molecular flexibility index (Phi) is 18.4. The number of carbonyl (C=O) groups is 2. The largest absolute Gasteiger partial charge is 0.481 e. The highest BCUT2D eigenvalue weighted by molar-refractivity contribution is 8.00. The number of unbranched alkanes of at least 4 members (excludes halogenated alkanes) is 3. The minimum atomic E-state index is -4.51. The molecule has 0 unspecified atom stereocenters. The first-order chi connectivity index (χ1) is 34.6. The monoisotopic (exact) mass is 1050 g/mol. The Balaban J connectivity index is 0.878. The van der Waals surface area contributed by atoms with Gasteiger partial charge < -0.3 is 34.8 Å². The number of rotatable bonds is 22. The number of alkyl halides is 3. The van der Waals surface area contributed by atoms with Crippen LogP contribution in [0.5, 0.6) is 11.5 Å². The molecule has 2 fully saturated rings. The van der Waals surface area contributed by atoms with Crippen LogP contribution in [0.15, 0.2) is 101 Å². The highest BCUT2D eigenvalue weighted by Gasteiger charge is 2.32. The molecule has 2 saturated heterocycles. The standard InChI is InChI=1S/C54H66ClF3N8O4S2/c1-53(2)19-17-40(46(35-53)38-9-11-41(55)12-10-38)37-65-28-30-66(31-29-65)42-13-15-45(48(33-42)70-43-32-39-18-21-60-51(39)61-36-43)52(69)62-72-44-14-16-47(49(34-44)71-54(56,57)58)59-20-7-23-64-26-24-63(25-27-64)22-6-4-3-5-8-50(67)68/h9-16,18,21,32-34,36,59H,3-8,17,19-20,22-31,35,37H2,1-2H3,(H,60,61)(H,62,69)(H,67,68). The highest BCUT2D eigenvalue weighted by atomic mass is 35.5. The number of benzene rings is 3. The van der Waals surface area contributed by atoms with E-state index in [1.807, 2.05) is 36.4 Å². The van der Waals surface area contributed by atoms with E-state index in [1.165, 1.54) is 22.8 Å². The normalized spacial score (nSPS) is 17.1. The Morgan fingerprint density at radius 1 is 0.861 bits per heavy atom. The molecule has 18 heteroatoms. The average Bonchev–Trinajstić information content (AvgIpc) is 3.83. The summed E-state index contributed by atoms with van der Waals surface area (Å²) in [7, 11) is 0. The van der Waals surface area contributed by atoms with E-state index in [1.54, 1.807) is 30.6 Å². The summed E-state index contributed by atoms with van der Waals surface area (Å²) in [6, 6.07) is 22.4. The van der Waals surface area contributed by atoms with Crippen molar-refractivity contribution < 1.29 is 32.6 Å². The number of ether oxygens (including phenoxy) is 1. The molecule has 4 heterocycles. The molecule has 72 heavy (non-hydrogen) atoms. The van der Waals surface area contributed by atoms with Crippen LogP contribution in [0, 0.1) is 5.41 Å². The first-order valence-corrected chi connectivity index (χ1v) is 27.1. The van der Waals surface area contributed by atoms with E-state index in [9.17, 15) is 22.8 Å². The second-order valence-electron chi connectivity index (χ2n) is 19.8. The number of anilines is 2. The van der Waals surface area contributed by atoms with Gasteiger partial charge in [-0.1, -0.05) is 56.0 Å². The third kappa shape index (κ3) is 15.6. The summed E-state index contributed by atoms with van der Waals surface area (Å²) < 4.78 is 51.0. The molecular formula is C54H66ClF3N8O4S2. The molecule has 12 nitrogen and oxygen atoms in total. The molecule has 0 bridgehead atoms. The molecule has 0 atom stereocenters. The predicted octanol–water partition coefficient (Wildman–Crippen LogP) is 12.3. The van der Waals surface area contributed by atoms with Crippen LogP contribution < -0.4 is 19.7 Å². The summed E-state index contributed by atoms with van der Waals surface area (Å²) in [5, 5.41) is 13.6. The first kappa shape index (κ1) is 53.4. The smallest absolute Gasteiger partial charge is 0.446 e. The minimum absolute atomic E-state index is 0.0286. The van der Waals surface area contributed by atoms with Gasteiger partial charge in [0.15, 0.2) is 0 Å². The SMILES string of the molecule is CC1(C)CCC(CN2CCN(c3ccc(C(=O)NSc4ccc(NCCCN5CCN(CCCCCCC(=O)O)CC5)c(SC(F)(F)F)c4)c(Oc4cnc5[nH]ccc5c4)c3)CC2)=C(c2ccc(Cl)cc2)C1. The maximum atomic E-state index is 14.0. The number of nitrogens with one attached hydrogen (secondary N) is 3. The summed E-state index contributed by atoms with van der Waals surface area (Å²) in [4.78, 5) is 42.5. The molecule has 3 aromatic carbocycles. The number of hydrogen-bond acceptors (Lipinski definition) is 11. The van der Waals surface area contributed by atoms with Gasteiger partial charge in [-0.05, 0) is 146 Å². The molecule has 0 saturated carbocycles. The Morgan fingerprint density at radius 2 is 1.58 bits per heavy atom. The van der Waals surface area contributed by atoms with Crippen molar-refractivity contribution in [1.82, 2.24) is 29.4 Å². The van der Waals surface area contributed by atoms with Crippen LogP contribution in [0.3, 0.4) is 0 Å². The van der Waals surface area contributed by atoms with E-state index >= 15 is 0 Å². The zero-order chi connectivity index (χ0) is 50.7. The van der Waals surface area contributed by atoms with E-state index < -0.39 is 17.4 Å². The lowest BCUT2D eigenvalue weighted by atomic mass is 9.72. The van der Waals surface area contributed by atoms with Crippen molar-refractivity contribution in [3.63, 3.8) is 0 Å². The number of thioether (sulfide) groups is 1. The van der Waals surface area contributed by atoms with E-state index in [-0.39, 0.29) is 34.1 Å². The van der Waals surface area contributed by atoms with Crippen molar-refractivity contribution in [2.45, 2.75) is 86.9 Å². The quantitative estimate of drug-likeness (QED) is 0.0299. The summed E-state index contributed by atoms with van der Waals surface area (Å²) in [5.41, 5.74) is 2.19. The van der Waals surface area contributed by atoms with Crippen LogP contribution >= 0.6 is 35.3 Å². The number of pyridine rings is 1. The van der Waals surface area contributed by atoms with Crippen molar-refractivity contribution in [2.24, 2.45) is 5.41 Å². The van der Waals surface area contributed by atoms with Crippen LogP contribution in [-0.2, 0) is 4.79 Å². The second kappa shape index (κ2) is 24.9. The lowest BCUT2D eigenvalue weighted by Gasteiger charge is -2.39. The number of H-pyrrole nitrogens is 1. The molecule has 1 amide bonds. The predicted molar refractivity (Wildman–Crippen MR) is 286 cm³/mol. The van der Waals surface area contributed by atoms with Gasteiger partial charge in [-0.3, -0.25) is 19.2 Å². The number of fused-ring (bicyclic) bond motifs is 1. The maximum absolute atomic E-state index is 14.0. The van der Waals surface area contributed by atoms with Crippen LogP contribution in [0.25, 0.3) is 16.6 Å². The number of carbonyl (C=O) groups excluding carboxylic acids is 1.